The van der Waals surface area contributed by atoms with Crippen molar-refractivity contribution >= 4 is 17.6 Å². The molecule has 0 spiro atoms. The van der Waals surface area contributed by atoms with Gasteiger partial charge in [-0.1, -0.05) is 17.7 Å². The summed E-state index contributed by atoms with van der Waals surface area (Å²) in [6, 6.07) is 5.51. The van der Waals surface area contributed by atoms with Crippen molar-refractivity contribution in [3.8, 4) is 11.6 Å². The third-order valence-corrected chi connectivity index (χ3v) is 3.90. The van der Waals surface area contributed by atoms with Crippen molar-refractivity contribution in [3.05, 3.63) is 40.0 Å². The topological polar surface area (TPSA) is 53.4 Å². The fraction of sp³-hybridized carbons (Fsp3) is 0.412. The van der Waals surface area contributed by atoms with Crippen LogP contribution in [-0.2, 0) is 23.0 Å². The average molecular weight is 337 g/mol. The summed E-state index contributed by atoms with van der Waals surface area (Å²) in [5, 5.41) is 4.84. The number of carbonyl (C=O) groups excluding carboxylic acids is 1. The Morgan fingerprint density at radius 1 is 1.35 bits per heavy atom. The molecular formula is C17H21ClN2O3. The third-order valence-electron chi connectivity index (χ3n) is 3.58. The molecule has 0 aliphatic heterocycles. The number of hydrogen-bond acceptors (Lipinski definition) is 4. The number of ether oxygens (including phenoxy) is 2. The Morgan fingerprint density at radius 2 is 2.09 bits per heavy atom. The number of esters is 1. The highest BCUT2D eigenvalue weighted by atomic mass is 35.5. The molecule has 23 heavy (non-hydrogen) atoms. The molecule has 0 N–H and O–H groups in total. The minimum absolute atomic E-state index is 0.206. The number of halogens is 1. The monoisotopic (exact) mass is 336 g/mol. The zero-order valence-electron chi connectivity index (χ0n) is 13.9. The number of aryl methyl sites for hydroxylation is 3. The van der Waals surface area contributed by atoms with E-state index in [1.807, 2.05) is 33.0 Å². The molecule has 0 amide bonds. The summed E-state index contributed by atoms with van der Waals surface area (Å²) in [4.78, 5) is 11.5. The van der Waals surface area contributed by atoms with Crippen molar-refractivity contribution in [1.82, 2.24) is 9.78 Å². The predicted octanol–water partition coefficient (Wildman–Crippen LogP) is 3.98. The number of carbonyl (C=O) groups is 1. The van der Waals surface area contributed by atoms with Crippen molar-refractivity contribution in [3.63, 3.8) is 0 Å². The van der Waals surface area contributed by atoms with Crippen LogP contribution in [0.3, 0.4) is 0 Å². The normalized spacial score (nSPS) is 10.7. The molecule has 1 aromatic heterocycles. The van der Waals surface area contributed by atoms with Crippen LogP contribution in [0.25, 0.3) is 0 Å². The number of hydrogen-bond donors (Lipinski definition) is 0. The van der Waals surface area contributed by atoms with Gasteiger partial charge in [-0.15, -0.1) is 0 Å². The van der Waals surface area contributed by atoms with Crippen molar-refractivity contribution in [2.75, 3.05) is 6.61 Å². The fourth-order valence-electron chi connectivity index (χ4n) is 2.25. The second kappa shape index (κ2) is 7.51. The average Bonchev–Trinajstić information content (AvgIpc) is 2.74. The van der Waals surface area contributed by atoms with Gasteiger partial charge in [-0.2, -0.15) is 5.10 Å². The smallest absolute Gasteiger partial charge is 0.306 e. The zero-order chi connectivity index (χ0) is 17.0. The maximum atomic E-state index is 11.5. The molecule has 5 nitrogen and oxygen atoms in total. The van der Waals surface area contributed by atoms with Crippen LogP contribution in [0.2, 0.25) is 5.02 Å². The van der Waals surface area contributed by atoms with Gasteiger partial charge >= 0.3 is 5.97 Å². The van der Waals surface area contributed by atoms with Crippen LogP contribution in [0.15, 0.2) is 18.2 Å². The third kappa shape index (κ3) is 4.26. The van der Waals surface area contributed by atoms with Crippen molar-refractivity contribution in [2.45, 2.75) is 33.6 Å². The quantitative estimate of drug-likeness (QED) is 0.749. The Labute approximate surface area is 141 Å². The van der Waals surface area contributed by atoms with Crippen molar-refractivity contribution < 1.29 is 14.3 Å². The standard InChI is InChI=1S/C17H21ClN2O3/c1-5-22-16(21)9-7-13-6-8-14(18)15(10-13)23-17-11(2)12(3)19-20(17)4/h6,8,10H,5,7,9H2,1-4H3. The highest BCUT2D eigenvalue weighted by Crippen LogP contribution is 2.32. The second-order valence-electron chi connectivity index (χ2n) is 5.31. The van der Waals surface area contributed by atoms with Gasteiger partial charge in [-0.25, -0.2) is 4.68 Å². The highest BCUT2D eigenvalue weighted by Gasteiger charge is 2.14. The Bertz CT molecular complexity index is 710. The van der Waals surface area contributed by atoms with Crippen molar-refractivity contribution in [2.24, 2.45) is 7.05 Å². The molecule has 1 heterocycles. The van der Waals surface area contributed by atoms with Gasteiger partial charge in [-0.3, -0.25) is 4.79 Å². The molecule has 0 aliphatic rings. The Balaban J connectivity index is 2.16. The van der Waals surface area contributed by atoms with Gasteiger partial charge in [0.1, 0.15) is 5.75 Å². The summed E-state index contributed by atoms with van der Waals surface area (Å²) in [6.45, 7) is 6.08. The number of benzene rings is 1. The largest absolute Gasteiger partial charge is 0.466 e. The molecule has 0 saturated heterocycles. The maximum Gasteiger partial charge on any atom is 0.306 e. The Kier molecular flexibility index (Phi) is 5.66. The van der Waals surface area contributed by atoms with Gasteiger partial charge in [0.25, 0.3) is 0 Å². The van der Waals surface area contributed by atoms with E-state index in [-0.39, 0.29) is 5.97 Å². The molecule has 2 aromatic rings. The first-order chi connectivity index (χ1) is 10.9. The first-order valence-electron chi connectivity index (χ1n) is 7.54. The number of rotatable bonds is 6. The molecule has 0 fully saturated rings. The molecule has 2 rings (SSSR count). The second-order valence-corrected chi connectivity index (χ2v) is 5.72. The summed E-state index contributed by atoms with van der Waals surface area (Å²) in [5.41, 5.74) is 2.85. The van der Waals surface area contributed by atoms with E-state index in [1.54, 1.807) is 17.7 Å². The van der Waals surface area contributed by atoms with E-state index in [2.05, 4.69) is 5.10 Å². The molecule has 0 radical (unpaired) electrons. The summed E-state index contributed by atoms with van der Waals surface area (Å²) < 4.78 is 12.6. The lowest BCUT2D eigenvalue weighted by molar-refractivity contribution is -0.143. The van der Waals surface area contributed by atoms with E-state index in [1.165, 1.54) is 0 Å². The highest BCUT2D eigenvalue weighted by molar-refractivity contribution is 6.32. The Morgan fingerprint density at radius 3 is 2.70 bits per heavy atom. The van der Waals surface area contributed by atoms with Crippen LogP contribution < -0.4 is 4.74 Å². The lowest BCUT2D eigenvalue weighted by atomic mass is 10.1. The number of nitrogens with zero attached hydrogens (tertiary/aromatic N) is 2. The SMILES string of the molecule is CCOC(=O)CCc1ccc(Cl)c(Oc2c(C)c(C)nn2C)c1. The molecule has 1 aromatic carbocycles. The molecule has 6 heteroatoms. The summed E-state index contributed by atoms with van der Waals surface area (Å²) >= 11 is 6.22. The van der Waals surface area contributed by atoms with E-state index in [4.69, 9.17) is 21.1 Å². The zero-order valence-corrected chi connectivity index (χ0v) is 14.6. The van der Waals surface area contributed by atoms with E-state index in [9.17, 15) is 4.79 Å². The van der Waals surface area contributed by atoms with E-state index in [0.29, 0.717) is 36.1 Å². The minimum Gasteiger partial charge on any atom is -0.466 e. The molecule has 0 bridgehead atoms. The minimum atomic E-state index is -0.206. The molecule has 0 saturated carbocycles. The van der Waals surface area contributed by atoms with Crippen LogP contribution >= 0.6 is 11.6 Å². The van der Waals surface area contributed by atoms with Crippen LogP contribution in [0.1, 0.15) is 30.2 Å². The molecular weight excluding hydrogens is 316 g/mol. The van der Waals surface area contributed by atoms with Crippen LogP contribution in [0.4, 0.5) is 0 Å². The van der Waals surface area contributed by atoms with Crippen LogP contribution in [0, 0.1) is 13.8 Å². The summed E-state index contributed by atoms with van der Waals surface area (Å²) in [6.07, 6.45) is 0.911. The predicted molar refractivity (Wildman–Crippen MR) is 89.2 cm³/mol. The van der Waals surface area contributed by atoms with Gasteiger partial charge in [0.15, 0.2) is 0 Å². The van der Waals surface area contributed by atoms with Gasteiger partial charge in [-0.05, 0) is 44.9 Å². The molecule has 0 atom stereocenters. The lowest BCUT2D eigenvalue weighted by Crippen LogP contribution is -2.05. The van der Waals surface area contributed by atoms with Gasteiger partial charge < -0.3 is 9.47 Å². The van der Waals surface area contributed by atoms with Gasteiger partial charge in [0.05, 0.1) is 17.3 Å². The van der Waals surface area contributed by atoms with Gasteiger partial charge in [0.2, 0.25) is 5.88 Å². The Hall–Kier alpha value is -2.01. The first-order valence-corrected chi connectivity index (χ1v) is 7.92. The summed E-state index contributed by atoms with van der Waals surface area (Å²) in [5.74, 6) is 1.01. The molecule has 0 unspecified atom stereocenters. The first kappa shape index (κ1) is 17.3. The molecule has 0 aliphatic carbocycles. The van der Waals surface area contributed by atoms with Crippen molar-refractivity contribution in [1.29, 1.82) is 0 Å². The maximum absolute atomic E-state index is 11.5. The lowest BCUT2D eigenvalue weighted by Gasteiger charge is -2.10. The van der Waals surface area contributed by atoms with E-state index >= 15 is 0 Å². The van der Waals surface area contributed by atoms with E-state index < -0.39 is 0 Å². The van der Waals surface area contributed by atoms with Crippen LogP contribution in [0.5, 0.6) is 11.6 Å². The fourth-order valence-corrected chi connectivity index (χ4v) is 2.41. The van der Waals surface area contributed by atoms with Crippen LogP contribution in [-0.4, -0.2) is 22.4 Å². The summed E-state index contributed by atoms with van der Waals surface area (Å²) in [7, 11) is 1.83. The van der Waals surface area contributed by atoms with Gasteiger partial charge in [0, 0.05) is 19.0 Å². The molecule has 124 valence electrons. The van der Waals surface area contributed by atoms with E-state index in [0.717, 1.165) is 16.8 Å². The number of aromatic nitrogens is 2.